The first-order chi connectivity index (χ1) is 36.7. The minimum atomic E-state index is 1.14. The Morgan fingerprint density at radius 1 is 0.189 bits per heavy atom. The van der Waals surface area contributed by atoms with E-state index in [1.807, 2.05) is 0 Å². The van der Waals surface area contributed by atoms with E-state index in [1.165, 1.54) is 122 Å². The quantitative estimate of drug-likeness (QED) is 0.136. The van der Waals surface area contributed by atoms with Gasteiger partial charge in [-0.25, -0.2) is 0 Å². The largest absolute Gasteiger partial charge is 0.309 e. The molecule has 346 valence electrons. The van der Waals surface area contributed by atoms with Crippen LogP contribution in [0.4, 0.5) is 0 Å². The molecule has 14 aromatic rings. The van der Waals surface area contributed by atoms with Crippen LogP contribution in [0.3, 0.4) is 0 Å². The molecule has 0 fully saturated rings. The summed E-state index contributed by atoms with van der Waals surface area (Å²) in [6.45, 7) is 0. The minimum absolute atomic E-state index is 1.14. The van der Waals surface area contributed by atoms with Gasteiger partial charge in [0.15, 0.2) is 0 Å². The summed E-state index contributed by atoms with van der Waals surface area (Å²) in [7, 11) is 0. The van der Waals surface area contributed by atoms with Gasteiger partial charge in [-0.05, 0) is 133 Å². The molecule has 0 saturated heterocycles. The van der Waals surface area contributed by atoms with Crippen molar-refractivity contribution >= 4 is 43.6 Å². The van der Waals surface area contributed by atoms with Gasteiger partial charge in [0.25, 0.3) is 0 Å². The van der Waals surface area contributed by atoms with Crippen LogP contribution in [-0.4, -0.2) is 9.13 Å². The number of rotatable bonds is 9. The molecule has 74 heavy (non-hydrogen) atoms. The molecule has 2 nitrogen and oxygen atoms in total. The van der Waals surface area contributed by atoms with Gasteiger partial charge >= 0.3 is 0 Å². The average Bonchev–Trinajstić information content (AvgIpc) is 4.00. The van der Waals surface area contributed by atoms with E-state index >= 15 is 0 Å². The molecule has 2 heteroatoms. The Labute approximate surface area is 431 Å². The molecule has 0 amide bonds. The fraction of sp³-hybridized carbons (Fsp3) is 0. The maximum absolute atomic E-state index is 2.48. The zero-order chi connectivity index (χ0) is 49.0. The van der Waals surface area contributed by atoms with E-state index in [9.17, 15) is 0 Å². The number of fused-ring (bicyclic) bond motifs is 6. The lowest BCUT2D eigenvalue weighted by molar-refractivity contribution is 1.18. The summed E-state index contributed by atoms with van der Waals surface area (Å²) in [6.07, 6.45) is 0. The third-order valence-corrected chi connectivity index (χ3v) is 15.0. The third kappa shape index (κ3) is 7.52. The van der Waals surface area contributed by atoms with Crippen LogP contribution < -0.4 is 0 Å². The van der Waals surface area contributed by atoms with Crippen LogP contribution in [0.1, 0.15) is 0 Å². The first-order valence-electron chi connectivity index (χ1n) is 25.5. The summed E-state index contributed by atoms with van der Waals surface area (Å²) in [6, 6.07) is 106. The molecule has 0 N–H and O–H groups in total. The van der Waals surface area contributed by atoms with Crippen LogP contribution in [0.25, 0.3) is 133 Å². The number of benzene rings is 12. The molecular weight excluding hydrogens is 893 g/mol. The summed E-state index contributed by atoms with van der Waals surface area (Å²) in [5.74, 6) is 0. The first-order valence-corrected chi connectivity index (χ1v) is 25.5. The maximum atomic E-state index is 2.48. The highest BCUT2D eigenvalue weighted by Gasteiger charge is 2.20. The summed E-state index contributed by atoms with van der Waals surface area (Å²) in [5, 5.41) is 4.92. The smallest absolute Gasteiger partial charge is 0.0547 e. The lowest BCUT2D eigenvalue weighted by atomic mass is 9.96. The predicted octanol–water partition coefficient (Wildman–Crippen LogP) is 19.5. The Balaban J connectivity index is 0.895. The van der Waals surface area contributed by atoms with Gasteiger partial charge in [0.1, 0.15) is 0 Å². The van der Waals surface area contributed by atoms with Crippen molar-refractivity contribution < 1.29 is 0 Å². The van der Waals surface area contributed by atoms with E-state index in [4.69, 9.17) is 0 Å². The van der Waals surface area contributed by atoms with Crippen LogP contribution in [0.5, 0.6) is 0 Å². The summed E-state index contributed by atoms with van der Waals surface area (Å²) in [4.78, 5) is 0. The van der Waals surface area contributed by atoms with Crippen molar-refractivity contribution in [3.05, 3.63) is 291 Å². The van der Waals surface area contributed by atoms with E-state index in [0.29, 0.717) is 0 Å². The van der Waals surface area contributed by atoms with Crippen molar-refractivity contribution in [2.75, 3.05) is 0 Å². The minimum Gasteiger partial charge on any atom is -0.309 e. The van der Waals surface area contributed by atoms with Crippen LogP contribution >= 0.6 is 0 Å². The highest BCUT2D eigenvalue weighted by atomic mass is 15.0. The summed E-state index contributed by atoms with van der Waals surface area (Å²) in [5.41, 5.74) is 23.7. The van der Waals surface area contributed by atoms with Gasteiger partial charge in [-0.3, -0.25) is 0 Å². The monoisotopic (exact) mass is 940 g/mol. The van der Waals surface area contributed by atoms with E-state index in [1.54, 1.807) is 0 Å². The topological polar surface area (TPSA) is 9.86 Å². The molecule has 0 spiro atoms. The summed E-state index contributed by atoms with van der Waals surface area (Å²) < 4.78 is 4.91. The second-order valence-electron chi connectivity index (χ2n) is 19.3. The average molecular weight is 941 g/mol. The molecule has 0 aliphatic heterocycles. The van der Waals surface area contributed by atoms with Gasteiger partial charge in [0.05, 0.1) is 27.8 Å². The second kappa shape index (κ2) is 18.1. The Kier molecular flexibility index (Phi) is 10.6. The molecule has 0 saturated carbocycles. The highest BCUT2D eigenvalue weighted by molar-refractivity contribution is 6.17. The number of nitrogens with zero attached hydrogens (tertiary/aromatic N) is 2. The molecule has 0 radical (unpaired) electrons. The van der Waals surface area contributed by atoms with Crippen molar-refractivity contribution in [2.24, 2.45) is 0 Å². The van der Waals surface area contributed by atoms with Gasteiger partial charge in [-0.2, -0.15) is 0 Å². The molecular formula is C72H48N2. The van der Waals surface area contributed by atoms with Gasteiger partial charge in [-0.15, -0.1) is 0 Å². The fourth-order valence-corrected chi connectivity index (χ4v) is 11.3. The van der Waals surface area contributed by atoms with Gasteiger partial charge < -0.3 is 9.13 Å². The molecule has 12 aromatic carbocycles. The first kappa shape index (κ1) is 43.1. The van der Waals surface area contributed by atoms with Gasteiger partial charge in [0.2, 0.25) is 0 Å². The molecule has 0 aliphatic carbocycles. The van der Waals surface area contributed by atoms with Crippen molar-refractivity contribution in [3.8, 4) is 89.3 Å². The van der Waals surface area contributed by atoms with E-state index in [-0.39, 0.29) is 0 Å². The Morgan fingerprint density at radius 3 is 1.04 bits per heavy atom. The third-order valence-electron chi connectivity index (χ3n) is 15.0. The molecule has 0 bridgehead atoms. The fourth-order valence-electron chi connectivity index (χ4n) is 11.3. The molecule has 0 aliphatic rings. The highest BCUT2D eigenvalue weighted by Crippen LogP contribution is 2.43. The Morgan fingerprint density at radius 2 is 0.541 bits per heavy atom. The zero-order valence-corrected chi connectivity index (χ0v) is 40.6. The molecule has 2 aromatic heterocycles. The van der Waals surface area contributed by atoms with Gasteiger partial charge in [0, 0.05) is 32.8 Å². The summed E-state index contributed by atoms with van der Waals surface area (Å²) >= 11 is 0. The number of hydrogen-bond donors (Lipinski definition) is 0. The van der Waals surface area contributed by atoms with Crippen molar-refractivity contribution in [1.29, 1.82) is 0 Å². The van der Waals surface area contributed by atoms with Crippen molar-refractivity contribution in [1.82, 2.24) is 9.13 Å². The van der Waals surface area contributed by atoms with Crippen LogP contribution in [-0.2, 0) is 0 Å². The normalized spacial score (nSPS) is 11.5. The van der Waals surface area contributed by atoms with Crippen LogP contribution in [0, 0.1) is 0 Å². The molecule has 0 unspecified atom stereocenters. The molecule has 0 atom stereocenters. The number of hydrogen-bond acceptors (Lipinski definition) is 0. The van der Waals surface area contributed by atoms with E-state index in [2.05, 4.69) is 300 Å². The Hall–Kier alpha value is -9.76. The van der Waals surface area contributed by atoms with Crippen molar-refractivity contribution in [3.63, 3.8) is 0 Å². The van der Waals surface area contributed by atoms with Crippen molar-refractivity contribution in [2.45, 2.75) is 0 Å². The molecule has 14 rings (SSSR count). The standard InChI is InChI=1S/C72H48N2/c1-6-17-49(18-7-1)52-33-39-61(40-34-52)73-69-44-38-59(47-66(69)72-63(27-16-28-70(72)73)56-25-14-5-15-26-56)54-31-29-53(30-32-54)58-37-43-68-65(46-58)64-45-57(50-19-8-2-9-20-50)36-42-67(64)74(68)71-48-60(51-21-10-3-11-22-51)35-41-62(71)55-23-12-4-13-24-55/h1-48H. The zero-order valence-electron chi connectivity index (χ0n) is 40.6. The molecule has 2 heterocycles. The van der Waals surface area contributed by atoms with E-state index in [0.717, 1.165) is 11.4 Å². The predicted molar refractivity (Wildman–Crippen MR) is 313 cm³/mol. The van der Waals surface area contributed by atoms with Gasteiger partial charge in [-0.1, -0.05) is 231 Å². The van der Waals surface area contributed by atoms with Crippen LogP contribution in [0.15, 0.2) is 291 Å². The maximum Gasteiger partial charge on any atom is 0.0547 e. The van der Waals surface area contributed by atoms with Crippen LogP contribution in [0.2, 0.25) is 0 Å². The SMILES string of the molecule is c1ccc(-c2ccc(-n3c4ccc(-c5ccc(-c6ccc7c(c6)c6cc(-c8ccccc8)ccc6n7-c6cc(-c7ccccc7)ccc6-c6ccccc6)cc5)cc4c4c(-c5ccccc5)cccc43)cc2)cc1. The second-order valence-corrected chi connectivity index (χ2v) is 19.3. The number of aromatic nitrogens is 2. The van der Waals surface area contributed by atoms with E-state index < -0.39 is 0 Å². The Bertz CT molecular complexity index is 4340. The lowest BCUT2D eigenvalue weighted by Gasteiger charge is -2.16. The lowest BCUT2D eigenvalue weighted by Crippen LogP contribution is -1.98.